The highest BCUT2D eigenvalue weighted by Crippen LogP contribution is 2.25. The monoisotopic (exact) mass is 447 g/mol. The summed E-state index contributed by atoms with van der Waals surface area (Å²) in [4.78, 5) is 21.2. The summed E-state index contributed by atoms with van der Waals surface area (Å²) in [6, 6.07) is 11.6. The molecule has 2 aromatic heterocycles. The molecule has 0 bridgehead atoms. The highest BCUT2D eigenvalue weighted by Gasteiger charge is 2.35. The maximum absolute atomic E-state index is 5.64. The molecule has 8 heteroatoms. The highest BCUT2D eigenvalue weighted by molar-refractivity contribution is 5.80. The third kappa shape index (κ3) is 4.78. The van der Waals surface area contributed by atoms with Gasteiger partial charge in [0.15, 0.2) is 5.58 Å². The number of likely N-dealkylation sites (tertiary alicyclic amines) is 1. The molecule has 0 saturated carbocycles. The second kappa shape index (κ2) is 9.21. The molecule has 0 amide bonds. The second-order valence-corrected chi connectivity index (χ2v) is 9.43. The summed E-state index contributed by atoms with van der Waals surface area (Å²) in [5.74, 6) is 0. The van der Waals surface area contributed by atoms with E-state index in [4.69, 9.17) is 10.2 Å². The number of aromatic nitrogens is 2. The summed E-state index contributed by atoms with van der Waals surface area (Å²) in [6.45, 7) is 13.8. The Balaban J connectivity index is 1.13. The first-order chi connectivity index (χ1) is 16.0. The van der Waals surface area contributed by atoms with E-state index < -0.39 is 0 Å². The molecule has 8 nitrogen and oxygen atoms in total. The first-order valence-corrected chi connectivity index (χ1v) is 11.8. The van der Waals surface area contributed by atoms with E-state index in [9.17, 15) is 0 Å². The summed E-state index contributed by atoms with van der Waals surface area (Å²) in [5.41, 5.74) is 9.75. The summed E-state index contributed by atoms with van der Waals surface area (Å²) < 4.78 is 5.34. The lowest BCUT2D eigenvalue weighted by atomic mass is 10.0. The number of fused-ring (bicyclic) bond motifs is 1. The van der Waals surface area contributed by atoms with Gasteiger partial charge in [-0.15, -0.1) is 0 Å². The molecule has 1 aromatic carbocycles. The Kier molecular flexibility index (Phi) is 6.14. The Morgan fingerprint density at radius 3 is 2.55 bits per heavy atom. The van der Waals surface area contributed by atoms with Crippen LogP contribution < -0.4 is 5.73 Å². The normalized spacial score (nSPS) is 20.1. The van der Waals surface area contributed by atoms with Crippen LogP contribution in [0, 0.1) is 0 Å². The molecule has 2 fully saturated rings. The molecular formula is C25H33N7O. The SMILES string of the molecule is CC(C)N1CCN(C2CN(C(C)C=Nc3ccc(-c4ccc5oc(N)nc5c4)nc3)C2)CC1. The molecule has 1 unspecified atom stereocenters. The van der Waals surface area contributed by atoms with E-state index in [1.807, 2.05) is 42.7 Å². The molecular weight excluding hydrogens is 414 g/mol. The second-order valence-electron chi connectivity index (χ2n) is 9.43. The fraction of sp³-hybridized carbons (Fsp3) is 0.480. The van der Waals surface area contributed by atoms with Crippen LogP contribution in [0.5, 0.6) is 0 Å². The Hall–Kier alpha value is -2.81. The van der Waals surface area contributed by atoms with E-state index >= 15 is 0 Å². The molecule has 2 N–H and O–H groups in total. The fourth-order valence-electron chi connectivity index (χ4n) is 4.70. The van der Waals surface area contributed by atoms with Crippen LogP contribution in [-0.4, -0.2) is 88.3 Å². The lowest BCUT2D eigenvalue weighted by Crippen LogP contribution is -2.65. The van der Waals surface area contributed by atoms with Crippen molar-refractivity contribution >= 4 is 29.0 Å². The van der Waals surface area contributed by atoms with Gasteiger partial charge in [-0.1, -0.05) is 0 Å². The predicted octanol–water partition coefficient (Wildman–Crippen LogP) is 3.27. The van der Waals surface area contributed by atoms with Crippen molar-refractivity contribution in [3.05, 3.63) is 36.5 Å². The van der Waals surface area contributed by atoms with Gasteiger partial charge in [-0.3, -0.25) is 24.7 Å². The predicted molar refractivity (Wildman–Crippen MR) is 133 cm³/mol. The lowest BCUT2D eigenvalue weighted by Gasteiger charge is -2.50. The number of hydrogen-bond donors (Lipinski definition) is 1. The largest absolute Gasteiger partial charge is 0.424 e. The van der Waals surface area contributed by atoms with Crippen molar-refractivity contribution in [2.75, 3.05) is 45.0 Å². The van der Waals surface area contributed by atoms with Gasteiger partial charge < -0.3 is 10.2 Å². The number of rotatable bonds is 6. The number of aliphatic imine (C=N–C) groups is 1. The molecule has 2 aliphatic rings. The van der Waals surface area contributed by atoms with Crippen LogP contribution in [0.1, 0.15) is 20.8 Å². The zero-order chi connectivity index (χ0) is 22.9. The van der Waals surface area contributed by atoms with E-state index in [0.29, 0.717) is 23.7 Å². The molecule has 0 aliphatic carbocycles. The van der Waals surface area contributed by atoms with Crippen LogP contribution in [0.3, 0.4) is 0 Å². The Bertz CT molecular complexity index is 1110. The molecule has 3 aromatic rings. The molecule has 4 heterocycles. The van der Waals surface area contributed by atoms with Crippen LogP contribution in [0.15, 0.2) is 45.9 Å². The number of piperazine rings is 1. The van der Waals surface area contributed by atoms with Crippen LogP contribution >= 0.6 is 0 Å². The van der Waals surface area contributed by atoms with Crippen molar-refractivity contribution in [2.45, 2.75) is 38.9 Å². The molecule has 0 spiro atoms. The maximum Gasteiger partial charge on any atom is 0.292 e. The van der Waals surface area contributed by atoms with Gasteiger partial charge in [0, 0.05) is 69.2 Å². The third-order valence-corrected chi connectivity index (χ3v) is 6.95. The highest BCUT2D eigenvalue weighted by atomic mass is 16.4. The van der Waals surface area contributed by atoms with Gasteiger partial charge >= 0.3 is 0 Å². The van der Waals surface area contributed by atoms with Gasteiger partial charge in [0.2, 0.25) is 0 Å². The fourth-order valence-corrected chi connectivity index (χ4v) is 4.70. The standard InChI is InChI=1S/C25H33N7O/c1-17(2)30-8-10-31(11-9-30)21-15-32(16-21)18(3)13-27-20-5-6-22(28-14-20)19-4-7-24-23(12-19)29-25(26)33-24/h4-7,12-14,17-18,21H,8-11,15-16H2,1-3H3,(H2,26,29). The van der Waals surface area contributed by atoms with Crippen molar-refractivity contribution in [3.8, 4) is 11.3 Å². The average molecular weight is 448 g/mol. The lowest BCUT2D eigenvalue weighted by molar-refractivity contribution is -0.00563. The number of benzene rings is 1. The number of nitrogen functional groups attached to an aromatic ring is 1. The van der Waals surface area contributed by atoms with Gasteiger partial charge in [0.05, 0.1) is 17.6 Å². The van der Waals surface area contributed by atoms with Crippen molar-refractivity contribution in [1.29, 1.82) is 0 Å². The van der Waals surface area contributed by atoms with Gasteiger partial charge in [-0.25, -0.2) is 0 Å². The third-order valence-electron chi connectivity index (χ3n) is 6.95. The van der Waals surface area contributed by atoms with E-state index in [1.165, 1.54) is 26.2 Å². The molecule has 33 heavy (non-hydrogen) atoms. The topological polar surface area (TPSA) is 87.0 Å². The number of nitrogens with zero attached hydrogens (tertiary/aromatic N) is 6. The Labute approximate surface area is 195 Å². The van der Waals surface area contributed by atoms with E-state index in [1.54, 1.807) is 0 Å². The first kappa shape index (κ1) is 22.0. The van der Waals surface area contributed by atoms with E-state index in [-0.39, 0.29) is 6.01 Å². The maximum atomic E-state index is 5.64. The minimum atomic E-state index is 0.177. The smallest absolute Gasteiger partial charge is 0.292 e. The summed E-state index contributed by atoms with van der Waals surface area (Å²) in [6.07, 6.45) is 3.85. The molecule has 2 saturated heterocycles. The Morgan fingerprint density at radius 1 is 1.06 bits per heavy atom. The van der Waals surface area contributed by atoms with Crippen molar-refractivity contribution in [2.24, 2.45) is 4.99 Å². The number of nitrogens with two attached hydrogens (primary N) is 1. The van der Waals surface area contributed by atoms with Crippen molar-refractivity contribution in [3.63, 3.8) is 0 Å². The number of hydrogen-bond acceptors (Lipinski definition) is 8. The van der Waals surface area contributed by atoms with Gasteiger partial charge in [0.1, 0.15) is 5.52 Å². The number of pyridine rings is 1. The Morgan fingerprint density at radius 2 is 1.85 bits per heavy atom. The summed E-state index contributed by atoms with van der Waals surface area (Å²) in [7, 11) is 0. The van der Waals surface area contributed by atoms with Crippen LogP contribution in [0.2, 0.25) is 0 Å². The van der Waals surface area contributed by atoms with E-state index in [0.717, 1.165) is 35.6 Å². The van der Waals surface area contributed by atoms with Gasteiger partial charge in [0.25, 0.3) is 6.01 Å². The summed E-state index contributed by atoms with van der Waals surface area (Å²) >= 11 is 0. The molecule has 5 rings (SSSR count). The van der Waals surface area contributed by atoms with Crippen LogP contribution in [0.25, 0.3) is 22.4 Å². The van der Waals surface area contributed by atoms with Crippen molar-refractivity contribution in [1.82, 2.24) is 24.7 Å². The zero-order valence-corrected chi connectivity index (χ0v) is 19.7. The molecule has 0 radical (unpaired) electrons. The van der Waals surface area contributed by atoms with Gasteiger partial charge in [-0.2, -0.15) is 4.98 Å². The first-order valence-electron chi connectivity index (χ1n) is 11.8. The molecule has 1 atom stereocenters. The minimum absolute atomic E-state index is 0.177. The quantitative estimate of drug-likeness (QED) is 0.580. The van der Waals surface area contributed by atoms with Gasteiger partial charge in [-0.05, 0) is 51.1 Å². The molecule has 174 valence electrons. The van der Waals surface area contributed by atoms with Crippen molar-refractivity contribution < 1.29 is 4.42 Å². The molecule has 2 aliphatic heterocycles. The van der Waals surface area contributed by atoms with Crippen LogP contribution in [-0.2, 0) is 0 Å². The minimum Gasteiger partial charge on any atom is -0.424 e. The zero-order valence-electron chi connectivity index (χ0n) is 19.7. The van der Waals surface area contributed by atoms with Crippen LogP contribution in [0.4, 0.5) is 11.7 Å². The van der Waals surface area contributed by atoms with E-state index in [2.05, 4.69) is 50.4 Å². The number of oxazole rings is 1. The number of anilines is 1. The average Bonchev–Trinajstić information content (AvgIpc) is 3.16. The summed E-state index contributed by atoms with van der Waals surface area (Å²) in [5, 5.41) is 0.